The lowest BCUT2D eigenvalue weighted by molar-refractivity contribution is -0.0361. The summed E-state index contributed by atoms with van der Waals surface area (Å²) in [7, 11) is -3.44. The Bertz CT molecular complexity index is 751. The summed E-state index contributed by atoms with van der Waals surface area (Å²) >= 11 is 0. The van der Waals surface area contributed by atoms with Gasteiger partial charge < -0.3 is 10.1 Å². The van der Waals surface area contributed by atoms with E-state index in [4.69, 9.17) is 4.74 Å². The van der Waals surface area contributed by atoms with Gasteiger partial charge in [0.1, 0.15) is 0 Å². The van der Waals surface area contributed by atoms with E-state index in [9.17, 15) is 13.2 Å². The van der Waals surface area contributed by atoms with Crippen LogP contribution in [0.4, 0.5) is 0 Å². The Morgan fingerprint density at radius 1 is 1.15 bits per heavy atom. The first-order valence-corrected chi connectivity index (χ1v) is 11.6. The largest absolute Gasteiger partial charge is 0.379 e. The first-order valence-electron chi connectivity index (χ1n) is 9.91. The van der Waals surface area contributed by atoms with Gasteiger partial charge in [0.2, 0.25) is 0 Å². The van der Waals surface area contributed by atoms with E-state index in [1.54, 1.807) is 25.1 Å². The monoisotopic (exact) mass is 394 g/mol. The summed E-state index contributed by atoms with van der Waals surface area (Å²) < 4.78 is 30.2. The van der Waals surface area contributed by atoms with Crippen molar-refractivity contribution in [2.24, 2.45) is 0 Å². The molecule has 0 aromatic heterocycles. The summed E-state index contributed by atoms with van der Waals surface area (Å²) in [6.07, 6.45) is 5.67. The van der Waals surface area contributed by atoms with Crippen LogP contribution in [0.2, 0.25) is 0 Å². The first-order chi connectivity index (χ1) is 13.0. The standard InChI is InChI=1S/C20H30N2O4S/c1-2-27(24,25)18-9-5-4-8-17(18)19(23)21-16-20(10-6-3-7-11-20)22-12-14-26-15-13-22/h4-5,8-9H,2-3,6-7,10-16H2,1H3,(H,21,23). The van der Waals surface area contributed by atoms with Crippen LogP contribution in [0, 0.1) is 0 Å². The Labute approximate surface area is 162 Å². The summed E-state index contributed by atoms with van der Waals surface area (Å²) in [5.41, 5.74) is 0.197. The van der Waals surface area contributed by atoms with E-state index in [-0.39, 0.29) is 27.7 Å². The smallest absolute Gasteiger partial charge is 0.252 e. The van der Waals surface area contributed by atoms with Gasteiger partial charge in [0.15, 0.2) is 9.84 Å². The van der Waals surface area contributed by atoms with Crippen LogP contribution < -0.4 is 5.32 Å². The van der Waals surface area contributed by atoms with E-state index >= 15 is 0 Å². The van der Waals surface area contributed by atoms with Crippen LogP contribution in [-0.4, -0.2) is 63.4 Å². The van der Waals surface area contributed by atoms with Crippen molar-refractivity contribution in [3.05, 3.63) is 29.8 Å². The van der Waals surface area contributed by atoms with Crippen molar-refractivity contribution in [2.75, 3.05) is 38.6 Å². The Morgan fingerprint density at radius 2 is 1.81 bits per heavy atom. The van der Waals surface area contributed by atoms with Gasteiger partial charge in [-0.1, -0.05) is 38.3 Å². The molecular weight excluding hydrogens is 364 g/mol. The molecule has 3 rings (SSSR count). The molecule has 1 aliphatic carbocycles. The molecule has 0 bridgehead atoms. The molecule has 2 fully saturated rings. The maximum absolute atomic E-state index is 12.9. The minimum atomic E-state index is -3.44. The zero-order chi connectivity index (χ0) is 19.3. The number of nitrogens with zero attached hydrogens (tertiary/aromatic N) is 1. The number of hydrogen-bond acceptors (Lipinski definition) is 5. The lowest BCUT2D eigenvalue weighted by Crippen LogP contribution is -2.59. The van der Waals surface area contributed by atoms with E-state index in [0.29, 0.717) is 6.54 Å². The highest BCUT2D eigenvalue weighted by molar-refractivity contribution is 7.91. The Kier molecular flexibility index (Phi) is 6.55. The fourth-order valence-electron chi connectivity index (χ4n) is 4.27. The van der Waals surface area contributed by atoms with E-state index in [0.717, 1.165) is 52.0 Å². The number of sulfone groups is 1. The minimum absolute atomic E-state index is 0.0188. The highest BCUT2D eigenvalue weighted by atomic mass is 32.2. The molecule has 1 aromatic rings. The third-order valence-electron chi connectivity index (χ3n) is 5.89. The second-order valence-corrected chi connectivity index (χ2v) is 9.71. The summed E-state index contributed by atoms with van der Waals surface area (Å²) in [6.45, 7) is 5.37. The second-order valence-electron chi connectivity index (χ2n) is 7.47. The predicted octanol–water partition coefficient (Wildman–Crippen LogP) is 2.25. The van der Waals surface area contributed by atoms with Crippen LogP contribution in [0.5, 0.6) is 0 Å². The van der Waals surface area contributed by atoms with E-state index in [1.807, 2.05) is 0 Å². The highest BCUT2D eigenvalue weighted by Crippen LogP contribution is 2.34. The number of amides is 1. The Morgan fingerprint density at radius 3 is 2.48 bits per heavy atom. The number of benzene rings is 1. The molecule has 0 spiro atoms. The molecule has 0 atom stereocenters. The van der Waals surface area contributed by atoms with Crippen LogP contribution in [0.1, 0.15) is 49.4 Å². The van der Waals surface area contributed by atoms with Gasteiger partial charge in [-0.2, -0.15) is 0 Å². The van der Waals surface area contributed by atoms with Crippen molar-refractivity contribution in [1.29, 1.82) is 0 Å². The third kappa shape index (κ3) is 4.52. The zero-order valence-electron chi connectivity index (χ0n) is 16.1. The average Bonchev–Trinajstić information content (AvgIpc) is 2.73. The summed E-state index contributed by atoms with van der Waals surface area (Å²) in [5.74, 6) is -0.324. The minimum Gasteiger partial charge on any atom is -0.379 e. The molecule has 6 nitrogen and oxygen atoms in total. The Hall–Kier alpha value is -1.44. The normalized spacial score (nSPS) is 20.9. The SMILES string of the molecule is CCS(=O)(=O)c1ccccc1C(=O)NCC1(N2CCOCC2)CCCCC1. The number of hydrogen-bond donors (Lipinski definition) is 1. The molecule has 1 saturated carbocycles. The van der Waals surface area contributed by atoms with Crippen molar-refractivity contribution >= 4 is 15.7 Å². The van der Waals surface area contributed by atoms with Gasteiger partial charge in [0.25, 0.3) is 5.91 Å². The van der Waals surface area contributed by atoms with Crippen molar-refractivity contribution in [3.8, 4) is 0 Å². The summed E-state index contributed by atoms with van der Waals surface area (Å²) in [4.78, 5) is 15.5. The predicted molar refractivity (Wildman–Crippen MR) is 105 cm³/mol. The molecule has 0 unspecified atom stereocenters. The van der Waals surface area contributed by atoms with Crippen LogP contribution in [0.15, 0.2) is 29.2 Å². The lowest BCUT2D eigenvalue weighted by atomic mass is 9.79. The number of morpholine rings is 1. The van der Waals surface area contributed by atoms with Gasteiger partial charge in [0.05, 0.1) is 29.4 Å². The molecule has 27 heavy (non-hydrogen) atoms. The zero-order valence-corrected chi connectivity index (χ0v) is 16.9. The maximum atomic E-state index is 12.9. The van der Waals surface area contributed by atoms with Crippen LogP contribution >= 0.6 is 0 Å². The summed E-state index contributed by atoms with van der Waals surface area (Å²) in [6, 6.07) is 6.49. The fourth-order valence-corrected chi connectivity index (χ4v) is 5.37. The molecular formula is C20H30N2O4S. The van der Waals surface area contributed by atoms with Crippen LogP contribution in [0.3, 0.4) is 0 Å². The molecule has 1 aliphatic heterocycles. The van der Waals surface area contributed by atoms with Crippen molar-refractivity contribution in [2.45, 2.75) is 49.5 Å². The van der Waals surface area contributed by atoms with E-state index < -0.39 is 9.84 Å². The fraction of sp³-hybridized carbons (Fsp3) is 0.650. The molecule has 2 aliphatic rings. The second kappa shape index (κ2) is 8.71. The van der Waals surface area contributed by atoms with Crippen molar-refractivity contribution in [3.63, 3.8) is 0 Å². The van der Waals surface area contributed by atoms with Crippen molar-refractivity contribution < 1.29 is 17.9 Å². The van der Waals surface area contributed by atoms with Crippen LogP contribution in [-0.2, 0) is 14.6 Å². The molecule has 7 heteroatoms. The third-order valence-corrected chi connectivity index (χ3v) is 7.68. The molecule has 1 heterocycles. The molecule has 1 amide bonds. The highest BCUT2D eigenvalue weighted by Gasteiger charge is 2.39. The summed E-state index contributed by atoms with van der Waals surface area (Å²) in [5, 5.41) is 3.06. The van der Waals surface area contributed by atoms with Gasteiger partial charge in [-0.15, -0.1) is 0 Å². The number of nitrogens with one attached hydrogen (secondary N) is 1. The van der Waals surface area contributed by atoms with Crippen molar-refractivity contribution in [1.82, 2.24) is 10.2 Å². The maximum Gasteiger partial charge on any atom is 0.252 e. The van der Waals surface area contributed by atoms with Gasteiger partial charge in [-0.3, -0.25) is 9.69 Å². The lowest BCUT2D eigenvalue weighted by Gasteiger charge is -2.48. The number of carbonyl (C=O) groups excluding carboxylic acids is 1. The topological polar surface area (TPSA) is 75.7 Å². The Balaban J connectivity index is 1.77. The quantitative estimate of drug-likeness (QED) is 0.801. The molecule has 0 radical (unpaired) electrons. The molecule has 150 valence electrons. The van der Waals surface area contributed by atoms with E-state index in [1.165, 1.54) is 12.5 Å². The van der Waals surface area contributed by atoms with Gasteiger partial charge in [0, 0.05) is 25.2 Å². The molecule has 1 saturated heterocycles. The molecule has 1 aromatic carbocycles. The molecule has 1 N–H and O–H groups in total. The van der Waals surface area contributed by atoms with Crippen LogP contribution in [0.25, 0.3) is 0 Å². The average molecular weight is 395 g/mol. The number of rotatable bonds is 6. The van der Waals surface area contributed by atoms with Gasteiger partial charge in [-0.25, -0.2) is 8.42 Å². The van der Waals surface area contributed by atoms with E-state index in [2.05, 4.69) is 10.2 Å². The number of carbonyl (C=O) groups is 1. The number of ether oxygens (including phenoxy) is 1. The van der Waals surface area contributed by atoms with Gasteiger partial charge >= 0.3 is 0 Å². The van der Waals surface area contributed by atoms with Gasteiger partial charge in [-0.05, 0) is 25.0 Å². The first kappa shape index (κ1) is 20.3.